The Kier molecular flexibility index (Phi) is 4.41. The Labute approximate surface area is 122 Å². The van der Waals surface area contributed by atoms with Crippen molar-refractivity contribution in [1.29, 1.82) is 0 Å². The molecule has 1 N–H and O–H groups in total. The molecule has 1 aliphatic heterocycles. The second kappa shape index (κ2) is 6.27. The summed E-state index contributed by atoms with van der Waals surface area (Å²) < 4.78 is 2.08. The second-order valence-corrected chi connectivity index (χ2v) is 6.48. The van der Waals surface area contributed by atoms with Gasteiger partial charge in [0.25, 0.3) is 0 Å². The van der Waals surface area contributed by atoms with Gasteiger partial charge in [-0.05, 0) is 57.2 Å². The van der Waals surface area contributed by atoms with E-state index in [-0.39, 0.29) is 0 Å². The van der Waals surface area contributed by atoms with E-state index in [0.29, 0.717) is 0 Å². The van der Waals surface area contributed by atoms with Crippen molar-refractivity contribution >= 4 is 0 Å². The third-order valence-electron chi connectivity index (χ3n) is 4.71. The molecule has 0 radical (unpaired) electrons. The fraction of sp³-hybridized carbons (Fsp3) is 0.812. The van der Waals surface area contributed by atoms with Crippen LogP contribution in [0, 0.1) is 5.92 Å². The number of aryl methyl sites for hydroxylation is 2. The standard InChI is InChI=1S/C16H28N4/c1-3-14-9-16(19(2)18-14)12-20(15-6-7-15)11-13-5-4-8-17-10-13/h9,13,15,17H,3-8,10-12H2,1-2H3. The Morgan fingerprint density at radius 2 is 2.25 bits per heavy atom. The summed E-state index contributed by atoms with van der Waals surface area (Å²) in [6.07, 6.45) is 6.54. The molecule has 0 spiro atoms. The molecule has 4 heteroatoms. The first-order valence-corrected chi connectivity index (χ1v) is 8.22. The molecular weight excluding hydrogens is 248 g/mol. The van der Waals surface area contributed by atoms with Gasteiger partial charge in [-0.1, -0.05) is 6.92 Å². The van der Waals surface area contributed by atoms with Gasteiger partial charge in [-0.2, -0.15) is 5.10 Å². The zero-order valence-corrected chi connectivity index (χ0v) is 12.9. The topological polar surface area (TPSA) is 33.1 Å². The molecule has 1 atom stereocenters. The molecule has 4 nitrogen and oxygen atoms in total. The summed E-state index contributed by atoms with van der Waals surface area (Å²) in [5.74, 6) is 0.836. The lowest BCUT2D eigenvalue weighted by atomic mass is 9.99. The molecule has 112 valence electrons. The van der Waals surface area contributed by atoms with Crippen LogP contribution in [0.25, 0.3) is 0 Å². The van der Waals surface area contributed by atoms with Crippen LogP contribution in [0.4, 0.5) is 0 Å². The van der Waals surface area contributed by atoms with Gasteiger partial charge in [0.05, 0.1) is 11.4 Å². The summed E-state index contributed by atoms with van der Waals surface area (Å²) >= 11 is 0. The van der Waals surface area contributed by atoms with Gasteiger partial charge < -0.3 is 5.32 Å². The highest BCUT2D eigenvalue weighted by Crippen LogP contribution is 2.30. The van der Waals surface area contributed by atoms with Crippen molar-refractivity contribution in [2.45, 2.75) is 51.6 Å². The zero-order valence-electron chi connectivity index (χ0n) is 12.9. The zero-order chi connectivity index (χ0) is 13.9. The largest absolute Gasteiger partial charge is 0.316 e. The molecule has 2 aliphatic rings. The fourth-order valence-electron chi connectivity index (χ4n) is 3.29. The third-order valence-corrected chi connectivity index (χ3v) is 4.71. The van der Waals surface area contributed by atoms with Crippen molar-refractivity contribution in [2.75, 3.05) is 19.6 Å². The molecule has 1 aliphatic carbocycles. The molecule has 1 saturated carbocycles. The third kappa shape index (κ3) is 3.41. The van der Waals surface area contributed by atoms with Gasteiger partial charge in [0.1, 0.15) is 0 Å². The van der Waals surface area contributed by atoms with E-state index < -0.39 is 0 Å². The number of piperidine rings is 1. The normalized spacial score (nSPS) is 23.4. The van der Waals surface area contributed by atoms with E-state index in [4.69, 9.17) is 0 Å². The van der Waals surface area contributed by atoms with Crippen LogP contribution in [-0.2, 0) is 20.0 Å². The maximum Gasteiger partial charge on any atom is 0.0625 e. The van der Waals surface area contributed by atoms with Crippen LogP contribution in [0.3, 0.4) is 0 Å². The Bertz CT molecular complexity index is 430. The minimum absolute atomic E-state index is 0.830. The highest BCUT2D eigenvalue weighted by Gasteiger charge is 2.31. The van der Waals surface area contributed by atoms with Crippen LogP contribution in [0.2, 0.25) is 0 Å². The molecule has 1 aromatic heterocycles. The van der Waals surface area contributed by atoms with Crippen LogP contribution in [-0.4, -0.2) is 40.4 Å². The van der Waals surface area contributed by atoms with Crippen molar-refractivity contribution in [3.63, 3.8) is 0 Å². The minimum atomic E-state index is 0.830. The van der Waals surface area contributed by atoms with E-state index in [0.717, 1.165) is 24.9 Å². The maximum atomic E-state index is 4.59. The van der Waals surface area contributed by atoms with Crippen molar-refractivity contribution in [1.82, 2.24) is 20.0 Å². The Morgan fingerprint density at radius 1 is 1.40 bits per heavy atom. The molecule has 0 amide bonds. The van der Waals surface area contributed by atoms with E-state index in [1.807, 2.05) is 0 Å². The van der Waals surface area contributed by atoms with Gasteiger partial charge in [0.2, 0.25) is 0 Å². The number of aromatic nitrogens is 2. The molecule has 20 heavy (non-hydrogen) atoms. The molecule has 3 rings (SSSR count). The quantitative estimate of drug-likeness (QED) is 0.862. The van der Waals surface area contributed by atoms with Gasteiger partial charge in [-0.25, -0.2) is 0 Å². The summed E-state index contributed by atoms with van der Waals surface area (Å²) in [4.78, 5) is 2.70. The lowest BCUT2D eigenvalue weighted by Gasteiger charge is -2.30. The van der Waals surface area contributed by atoms with E-state index >= 15 is 0 Å². The summed E-state index contributed by atoms with van der Waals surface area (Å²) in [5.41, 5.74) is 2.59. The first-order chi connectivity index (χ1) is 9.76. The number of hydrogen-bond donors (Lipinski definition) is 1. The lowest BCUT2D eigenvalue weighted by Crippen LogP contribution is -2.39. The highest BCUT2D eigenvalue weighted by atomic mass is 15.3. The molecule has 2 fully saturated rings. The summed E-state index contributed by atoms with van der Waals surface area (Å²) in [7, 11) is 2.09. The molecule has 1 aromatic rings. The van der Waals surface area contributed by atoms with Gasteiger partial charge in [-0.15, -0.1) is 0 Å². The second-order valence-electron chi connectivity index (χ2n) is 6.48. The predicted octanol–water partition coefficient (Wildman–Crippen LogP) is 1.95. The molecule has 2 heterocycles. The number of nitrogens with one attached hydrogen (secondary N) is 1. The molecule has 1 unspecified atom stereocenters. The maximum absolute atomic E-state index is 4.59. The summed E-state index contributed by atoms with van der Waals surface area (Å²) in [5, 5.41) is 8.13. The first-order valence-electron chi connectivity index (χ1n) is 8.22. The Hall–Kier alpha value is -0.870. The van der Waals surface area contributed by atoms with E-state index in [2.05, 4.69) is 40.0 Å². The molecule has 0 bridgehead atoms. The van der Waals surface area contributed by atoms with E-state index in [9.17, 15) is 0 Å². The van der Waals surface area contributed by atoms with Crippen LogP contribution in [0.1, 0.15) is 44.0 Å². The average molecular weight is 276 g/mol. The SMILES string of the molecule is CCc1cc(CN(CC2CCCNC2)C2CC2)n(C)n1. The van der Waals surface area contributed by atoms with E-state index in [1.165, 1.54) is 56.7 Å². The van der Waals surface area contributed by atoms with Crippen LogP contribution in [0.5, 0.6) is 0 Å². The Balaban J connectivity index is 1.62. The first kappa shape index (κ1) is 14.1. The van der Waals surface area contributed by atoms with Crippen molar-refractivity contribution < 1.29 is 0 Å². The van der Waals surface area contributed by atoms with Crippen LogP contribution < -0.4 is 5.32 Å². The summed E-state index contributed by atoms with van der Waals surface area (Å²) in [6.45, 7) is 6.92. The van der Waals surface area contributed by atoms with Gasteiger partial charge >= 0.3 is 0 Å². The van der Waals surface area contributed by atoms with Crippen molar-refractivity contribution in [2.24, 2.45) is 13.0 Å². The minimum Gasteiger partial charge on any atom is -0.316 e. The Morgan fingerprint density at radius 3 is 2.85 bits per heavy atom. The van der Waals surface area contributed by atoms with Crippen LogP contribution in [0.15, 0.2) is 6.07 Å². The molecule has 0 aromatic carbocycles. The average Bonchev–Trinajstić information content (AvgIpc) is 3.25. The van der Waals surface area contributed by atoms with E-state index in [1.54, 1.807) is 0 Å². The smallest absolute Gasteiger partial charge is 0.0625 e. The highest BCUT2D eigenvalue weighted by molar-refractivity contribution is 5.10. The summed E-state index contributed by atoms with van der Waals surface area (Å²) in [6, 6.07) is 3.12. The molecular formula is C16H28N4. The van der Waals surface area contributed by atoms with Crippen molar-refractivity contribution in [3.8, 4) is 0 Å². The fourth-order valence-corrected chi connectivity index (χ4v) is 3.29. The van der Waals surface area contributed by atoms with Gasteiger partial charge in [0.15, 0.2) is 0 Å². The predicted molar refractivity (Wildman–Crippen MR) is 81.6 cm³/mol. The monoisotopic (exact) mass is 276 g/mol. The lowest BCUT2D eigenvalue weighted by molar-refractivity contribution is 0.189. The van der Waals surface area contributed by atoms with Gasteiger partial charge in [-0.3, -0.25) is 9.58 Å². The van der Waals surface area contributed by atoms with Crippen molar-refractivity contribution in [3.05, 3.63) is 17.5 Å². The number of nitrogens with zero attached hydrogens (tertiary/aromatic N) is 3. The number of hydrogen-bond acceptors (Lipinski definition) is 3. The number of rotatable bonds is 6. The van der Waals surface area contributed by atoms with Gasteiger partial charge in [0, 0.05) is 26.2 Å². The molecule has 1 saturated heterocycles. The van der Waals surface area contributed by atoms with Crippen LogP contribution >= 0.6 is 0 Å².